The highest BCUT2D eigenvalue weighted by Crippen LogP contribution is 2.41. The van der Waals surface area contributed by atoms with Gasteiger partial charge in [-0.15, -0.1) is 10.2 Å². The van der Waals surface area contributed by atoms with E-state index in [-0.39, 0.29) is 34.8 Å². The van der Waals surface area contributed by atoms with Crippen molar-refractivity contribution >= 4 is 36.9 Å². The van der Waals surface area contributed by atoms with E-state index in [4.69, 9.17) is 5.14 Å². The summed E-state index contributed by atoms with van der Waals surface area (Å²) < 4.78 is 52.7. The minimum Gasteiger partial charge on any atom is -0.475 e. The molecule has 0 aliphatic carbocycles. The highest BCUT2D eigenvalue weighted by molar-refractivity contribution is 7.94. The first-order chi connectivity index (χ1) is 16.6. The lowest BCUT2D eigenvalue weighted by Crippen LogP contribution is -2.27. The molecular weight excluding hydrogens is 500 g/mol. The van der Waals surface area contributed by atoms with Gasteiger partial charge in [0.05, 0.1) is 26.7 Å². The lowest BCUT2D eigenvalue weighted by molar-refractivity contribution is 0.0685. The van der Waals surface area contributed by atoms with Crippen LogP contribution in [0.5, 0.6) is 0 Å². The number of benzene rings is 2. The first-order valence-corrected chi connectivity index (χ1v) is 13.3. The van der Waals surface area contributed by atoms with Crippen molar-refractivity contribution in [1.82, 2.24) is 35.9 Å². The van der Waals surface area contributed by atoms with Crippen LogP contribution >= 0.6 is 0 Å². The van der Waals surface area contributed by atoms with Gasteiger partial charge in [-0.2, -0.15) is 5.21 Å². The van der Waals surface area contributed by atoms with Gasteiger partial charge in [-0.1, -0.05) is 18.2 Å². The van der Waals surface area contributed by atoms with Gasteiger partial charge >= 0.3 is 5.97 Å². The molecule has 3 heterocycles. The molecule has 14 nitrogen and oxygen atoms in total. The van der Waals surface area contributed by atoms with Gasteiger partial charge in [0.15, 0.2) is 9.84 Å². The molecule has 6 N–H and O–H groups in total. The highest BCUT2D eigenvalue weighted by atomic mass is 32.2. The Morgan fingerprint density at radius 1 is 1.11 bits per heavy atom. The maximum atomic E-state index is 13.5. The quantitative estimate of drug-likeness (QED) is 0.226. The van der Waals surface area contributed by atoms with Gasteiger partial charge in [-0.25, -0.2) is 31.8 Å². The number of imidazole rings is 1. The molecule has 1 atom stereocenters. The van der Waals surface area contributed by atoms with E-state index in [0.29, 0.717) is 24.0 Å². The summed E-state index contributed by atoms with van der Waals surface area (Å²) in [6.07, 6.45) is 0.302. The molecule has 2 aromatic heterocycles. The average Bonchev–Trinajstić information content (AvgIpc) is 3.58. The van der Waals surface area contributed by atoms with Crippen LogP contribution in [0.2, 0.25) is 0 Å². The molecule has 1 aliphatic rings. The number of nitrogens with two attached hydrogens (primary N) is 1. The zero-order valence-electron chi connectivity index (χ0n) is 17.8. The van der Waals surface area contributed by atoms with E-state index in [9.17, 15) is 26.7 Å². The van der Waals surface area contributed by atoms with Crippen molar-refractivity contribution in [3.8, 4) is 22.5 Å². The minimum absolute atomic E-state index is 0.163. The number of carboxylic acids is 1. The van der Waals surface area contributed by atoms with Gasteiger partial charge in [0.1, 0.15) is 4.90 Å². The molecule has 1 aliphatic heterocycles. The summed E-state index contributed by atoms with van der Waals surface area (Å²) in [6.45, 7) is 0.633. The van der Waals surface area contributed by atoms with Crippen LogP contribution in [0, 0.1) is 0 Å². The third kappa shape index (κ3) is 3.85. The Hall–Kier alpha value is -3.73. The fraction of sp³-hybridized carbons (Fsp3) is 0.211. The number of nitrogens with zero attached hydrogens (tertiary/aromatic N) is 4. The first kappa shape index (κ1) is 23.0. The Balaban J connectivity index is 1.88. The van der Waals surface area contributed by atoms with Gasteiger partial charge < -0.3 is 15.4 Å². The van der Waals surface area contributed by atoms with Crippen molar-refractivity contribution < 1.29 is 26.7 Å². The number of carboxylic acid groups (broad SMARTS) is 1. The van der Waals surface area contributed by atoms with Crippen LogP contribution in [0.25, 0.3) is 33.5 Å². The number of carbonyl (C=O) groups is 1. The van der Waals surface area contributed by atoms with Gasteiger partial charge in [-0.05, 0) is 35.9 Å². The molecule has 182 valence electrons. The number of fused-ring (bicyclic) bond motifs is 1. The molecule has 0 radical (unpaired) electrons. The highest BCUT2D eigenvalue weighted by Gasteiger charge is 2.37. The Bertz CT molecular complexity index is 1670. The molecule has 4 aromatic rings. The molecule has 1 fully saturated rings. The number of sulfonamides is 1. The van der Waals surface area contributed by atoms with E-state index in [1.54, 1.807) is 18.2 Å². The smallest absolute Gasteiger partial charge is 0.371 e. The average molecular weight is 519 g/mol. The van der Waals surface area contributed by atoms with Crippen LogP contribution in [-0.2, 0) is 19.9 Å². The van der Waals surface area contributed by atoms with E-state index in [1.807, 2.05) is 0 Å². The lowest BCUT2D eigenvalue weighted by atomic mass is 9.98. The van der Waals surface area contributed by atoms with Crippen LogP contribution in [-0.4, -0.2) is 76.8 Å². The largest absolute Gasteiger partial charge is 0.475 e. The molecule has 5 rings (SSSR count). The summed E-state index contributed by atoms with van der Waals surface area (Å²) in [5.74, 6) is -1.83. The number of H-pyrrole nitrogens is 2. The predicted molar refractivity (Wildman–Crippen MR) is 121 cm³/mol. The fourth-order valence-corrected chi connectivity index (χ4v) is 7.48. The van der Waals surface area contributed by atoms with E-state index in [0.717, 1.165) is 0 Å². The number of sulfone groups is 1. The number of rotatable bonds is 6. The molecule has 0 spiro atoms. The van der Waals surface area contributed by atoms with Gasteiger partial charge in [0.25, 0.3) is 0 Å². The van der Waals surface area contributed by atoms with Crippen LogP contribution < -0.4 is 10.5 Å². The Kier molecular flexibility index (Phi) is 5.39. The third-order valence-corrected chi connectivity index (χ3v) is 9.10. The van der Waals surface area contributed by atoms with Crippen molar-refractivity contribution in [2.45, 2.75) is 21.5 Å². The maximum absolute atomic E-state index is 13.5. The summed E-state index contributed by atoms with van der Waals surface area (Å²) >= 11 is 0. The summed E-state index contributed by atoms with van der Waals surface area (Å²) in [4.78, 5) is 17.1. The minimum atomic E-state index is -4.64. The van der Waals surface area contributed by atoms with Gasteiger partial charge in [0, 0.05) is 12.1 Å². The monoisotopic (exact) mass is 518 g/mol. The van der Waals surface area contributed by atoms with Crippen molar-refractivity contribution in [2.24, 2.45) is 5.14 Å². The van der Waals surface area contributed by atoms with Crippen LogP contribution in [0.15, 0.2) is 40.1 Å². The first-order valence-electron chi connectivity index (χ1n) is 10.2. The summed E-state index contributed by atoms with van der Waals surface area (Å²) in [5, 5.41) is 30.5. The summed E-state index contributed by atoms with van der Waals surface area (Å²) in [5.41, 5.74) is 0.867. The van der Waals surface area contributed by atoms with Crippen LogP contribution in [0.3, 0.4) is 0 Å². The Morgan fingerprint density at radius 2 is 1.91 bits per heavy atom. The summed E-state index contributed by atoms with van der Waals surface area (Å²) in [7, 11) is -8.76. The van der Waals surface area contributed by atoms with Gasteiger partial charge in [-0.3, -0.25) is 0 Å². The molecule has 0 saturated carbocycles. The molecule has 1 saturated heterocycles. The summed E-state index contributed by atoms with van der Waals surface area (Å²) in [6, 6.07) is 7.36. The van der Waals surface area contributed by atoms with E-state index < -0.39 is 40.9 Å². The number of nitrogens with one attached hydrogen (secondary N) is 3. The second-order valence-corrected chi connectivity index (χ2v) is 11.5. The molecular formula is C19H18N8O6S2. The number of para-hydroxylation sites is 1. The molecule has 0 amide bonds. The number of hydrogen-bond acceptors (Lipinski definition) is 10. The van der Waals surface area contributed by atoms with Crippen molar-refractivity contribution in [3.05, 3.63) is 36.2 Å². The number of tetrazole rings is 1. The van der Waals surface area contributed by atoms with Crippen LogP contribution in [0.4, 0.5) is 0 Å². The van der Waals surface area contributed by atoms with E-state index >= 15 is 0 Å². The normalized spacial score (nSPS) is 16.7. The second-order valence-electron chi connectivity index (χ2n) is 7.85. The van der Waals surface area contributed by atoms with Crippen molar-refractivity contribution in [3.63, 3.8) is 0 Å². The topological polar surface area (TPSA) is 227 Å². The SMILES string of the molecule is NS(=O)(=O)c1c(S(=O)(=O)[C@H]2CCNC2)ccc(-c2cccc3[nH]c(C(=O)O)nc23)c1-c1nn[nH]n1. The number of hydrogen-bond donors (Lipinski definition) is 5. The lowest BCUT2D eigenvalue weighted by Gasteiger charge is -2.18. The van der Waals surface area contributed by atoms with Crippen LogP contribution in [0.1, 0.15) is 17.0 Å². The number of aromatic nitrogens is 6. The second kappa shape index (κ2) is 8.19. The molecule has 16 heteroatoms. The van der Waals surface area contributed by atoms with E-state index in [1.165, 1.54) is 12.1 Å². The third-order valence-electron chi connectivity index (χ3n) is 5.74. The standard InChI is InChI=1S/C19H18N8O6S2/c20-35(32,33)16-13(34(30,31)9-6-7-21-8-9)5-4-10(14(16)17-24-26-27-25-17)11-2-1-3-12-15(11)23-18(22-12)19(28)29/h1-5,9,21H,6-8H2,(H,22,23)(H,28,29)(H2,20,32,33)(H,24,25,26,27)/t9-/m0/s1. The zero-order chi connectivity index (χ0) is 25.0. The number of aromatic carboxylic acids is 1. The molecule has 2 aromatic carbocycles. The van der Waals surface area contributed by atoms with Crippen molar-refractivity contribution in [2.75, 3.05) is 13.1 Å². The maximum Gasteiger partial charge on any atom is 0.371 e. The fourth-order valence-electron chi connectivity index (χ4n) is 4.21. The number of aromatic amines is 2. The van der Waals surface area contributed by atoms with Crippen molar-refractivity contribution in [1.29, 1.82) is 0 Å². The zero-order valence-corrected chi connectivity index (χ0v) is 19.4. The molecule has 0 unspecified atom stereocenters. The predicted octanol–water partition coefficient (Wildman–Crippen LogP) is -0.109. The molecule has 0 bridgehead atoms. The van der Waals surface area contributed by atoms with Gasteiger partial charge in [0.2, 0.25) is 21.7 Å². The van der Waals surface area contributed by atoms with E-state index in [2.05, 4.69) is 35.9 Å². The Morgan fingerprint density at radius 3 is 2.54 bits per heavy atom. The Labute approximate surface area is 197 Å². The number of primary sulfonamides is 1. The molecule has 35 heavy (non-hydrogen) atoms.